The second-order valence-electron chi connectivity index (χ2n) is 4.95. The van der Waals surface area contributed by atoms with E-state index in [0.717, 1.165) is 17.0 Å². The smallest absolute Gasteiger partial charge is 0.244 e. The molecule has 0 aliphatic carbocycles. The number of rotatable bonds is 2. The van der Waals surface area contributed by atoms with Crippen LogP contribution in [-0.4, -0.2) is 32.9 Å². The van der Waals surface area contributed by atoms with Gasteiger partial charge in [0.25, 0.3) is 0 Å². The summed E-state index contributed by atoms with van der Waals surface area (Å²) in [5, 5.41) is 16.7. The summed E-state index contributed by atoms with van der Waals surface area (Å²) in [6, 6.07) is 3.80. The number of aromatic nitrogens is 3. The first kappa shape index (κ1) is 12.3. The van der Waals surface area contributed by atoms with Gasteiger partial charge in [0.15, 0.2) is 0 Å². The van der Waals surface area contributed by atoms with Crippen LogP contribution >= 0.6 is 0 Å². The first-order valence-electron chi connectivity index (χ1n) is 6.32. The zero-order valence-corrected chi connectivity index (χ0v) is 10.9. The molecule has 0 bridgehead atoms. The zero-order valence-electron chi connectivity index (χ0n) is 10.9. The lowest BCUT2D eigenvalue weighted by atomic mass is 10.2. The normalized spacial score (nSPS) is 22.9. The molecule has 19 heavy (non-hydrogen) atoms. The molecule has 1 aliphatic rings. The molecule has 3 rings (SSSR count). The monoisotopic (exact) mass is 260 g/mol. The summed E-state index contributed by atoms with van der Waals surface area (Å²) < 4.78 is 5.28. The molecule has 0 amide bonds. The van der Waals surface area contributed by atoms with Crippen molar-refractivity contribution in [3.8, 4) is 11.4 Å². The Balaban J connectivity index is 1.88. The third kappa shape index (κ3) is 2.50. The van der Waals surface area contributed by atoms with Gasteiger partial charge in [0, 0.05) is 23.5 Å². The fourth-order valence-corrected chi connectivity index (χ4v) is 2.36. The molecule has 2 aromatic heterocycles. The second-order valence-corrected chi connectivity index (χ2v) is 4.95. The molecule has 6 heteroatoms. The van der Waals surface area contributed by atoms with E-state index >= 15 is 0 Å². The summed E-state index contributed by atoms with van der Waals surface area (Å²) in [5.74, 6) is 1.09. The first-order chi connectivity index (χ1) is 9.11. The predicted molar refractivity (Wildman–Crippen MR) is 68.4 cm³/mol. The van der Waals surface area contributed by atoms with Crippen molar-refractivity contribution in [1.29, 1.82) is 0 Å². The van der Waals surface area contributed by atoms with E-state index < -0.39 is 0 Å². The maximum absolute atomic E-state index is 9.50. The van der Waals surface area contributed by atoms with Gasteiger partial charge in [0.05, 0.1) is 12.1 Å². The summed E-state index contributed by atoms with van der Waals surface area (Å²) in [6.45, 7) is 4.44. The van der Waals surface area contributed by atoms with Crippen molar-refractivity contribution in [3.63, 3.8) is 0 Å². The van der Waals surface area contributed by atoms with E-state index in [2.05, 4.69) is 20.4 Å². The van der Waals surface area contributed by atoms with Crippen LogP contribution < -0.4 is 5.32 Å². The van der Waals surface area contributed by atoms with Gasteiger partial charge in [-0.2, -0.15) is 4.98 Å². The lowest BCUT2D eigenvalue weighted by Crippen LogP contribution is -2.15. The Morgan fingerprint density at radius 2 is 2.00 bits per heavy atom. The third-order valence-corrected chi connectivity index (χ3v) is 3.19. The number of nitrogens with one attached hydrogen (secondary N) is 1. The SMILES string of the molecule is Cc1cc(-c2noc(C3CC(O)CN3)n2)cc(C)n1. The lowest BCUT2D eigenvalue weighted by Gasteiger charge is -2.02. The van der Waals surface area contributed by atoms with Crippen molar-refractivity contribution in [3.05, 3.63) is 29.4 Å². The van der Waals surface area contributed by atoms with E-state index in [0.29, 0.717) is 24.7 Å². The average Bonchev–Trinajstić information content (AvgIpc) is 2.95. The Morgan fingerprint density at radius 3 is 2.63 bits per heavy atom. The van der Waals surface area contributed by atoms with E-state index in [9.17, 15) is 5.11 Å². The first-order valence-corrected chi connectivity index (χ1v) is 6.32. The minimum Gasteiger partial charge on any atom is -0.392 e. The van der Waals surface area contributed by atoms with Crippen molar-refractivity contribution in [2.24, 2.45) is 0 Å². The number of pyridine rings is 1. The van der Waals surface area contributed by atoms with Gasteiger partial charge in [-0.15, -0.1) is 0 Å². The Labute approximate surface area is 110 Å². The van der Waals surface area contributed by atoms with Crippen LogP contribution in [0.2, 0.25) is 0 Å². The van der Waals surface area contributed by atoms with Gasteiger partial charge < -0.3 is 14.9 Å². The highest BCUT2D eigenvalue weighted by Gasteiger charge is 2.28. The fourth-order valence-electron chi connectivity index (χ4n) is 2.36. The van der Waals surface area contributed by atoms with Crippen LogP contribution in [0.1, 0.15) is 29.7 Å². The highest BCUT2D eigenvalue weighted by Crippen LogP contribution is 2.25. The average molecular weight is 260 g/mol. The molecule has 0 aromatic carbocycles. The number of hydrogen-bond donors (Lipinski definition) is 2. The van der Waals surface area contributed by atoms with Gasteiger partial charge in [-0.25, -0.2) is 0 Å². The summed E-state index contributed by atoms with van der Waals surface area (Å²) >= 11 is 0. The van der Waals surface area contributed by atoms with Gasteiger partial charge >= 0.3 is 0 Å². The molecule has 2 N–H and O–H groups in total. The molecule has 2 atom stereocenters. The molecule has 3 heterocycles. The van der Waals surface area contributed by atoms with Crippen LogP contribution in [0.25, 0.3) is 11.4 Å². The summed E-state index contributed by atoms with van der Waals surface area (Å²) in [6.07, 6.45) is 0.265. The number of aryl methyl sites for hydroxylation is 2. The molecular formula is C13H16N4O2. The van der Waals surface area contributed by atoms with Crippen LogP contribution in [0.5, 0.6) is 0 Å². The zero-order chi connectivity index (χ0) is 13.4. The predicted octanol–water partition coefficient (Wildman–Crippen LogP) is 1.14. The number of hydrogen-bond acceptors (Lipinski definition) is 6. The van der Waals surface area contributed by atoms with Crippen LogP contribution in [0.15, 0.2) is 16.7 Å². The Hall–Kier alpha value is -1.79. The quantitative estimate of drug-likeness (QED) is 0.842. The fraction of sp³-hybridized carbons (Fsp3) is 0.462. The summed E-state index contributed by atoms with van der Waals surface area (Å²) in [4.78, 5) is 8.72. The van der Waals surface area contributed by atoms with Gasteiger partial charge in [-0.1, -0.05) is 5.16 Å². The number of β-amino-alcohol motifs (C(OH)–C–C–N with tert-alkyl or cyclic N) is 1. The number of aliphatic hydroxyl groups is 1. The van der Waals surface area contributed by atoms with Crippen molar-refractivity contribution in [2.45, 2.75) is 32.4 Å². The Kier molecular flexibility index (Phi) is 3.04. The third-order valence-electron chi connectivity index (χ3n) is 3.19. The topological polar surface area (TPSA) is 84.1 Å². The highest BCUT2D eigenvalue weighted by molar-refractivity contribution is 5.55. The van der Waals surface area contributed by atoms with Crippen molar-refractivity contribution in [2.75, 3.05) is 6.54 Å². The molecule has 2 unspecified atom stereocenters. The van der Waals surface area contributed by atoms with E-state index in [1.165, 1.54) is 0 Å². The molecule has 1 aliphatic heterocycles. The van der Waals surface area contributed by atoms with Gasteiger partial charge in [0.2, 0.25) is 11.7 Å². The minimum absolute atomic E-state index is 0.0553. The maximum Gasteiger partial charge on any atom is 0.244 e. The summed E-state index contributed by atoms with van der Waals surface area (Å²) in [5.41, 5.74) is 2.75. The van der Waals surface area contributed by atoms with Gasteiger partial charge in [-0.3, -0.25) is 4.98 Å². The van der Waals surface area contributed by atoms with E-state index in [1.54, 1.807) is 0 Å². The van der Waals surface area contributed by atoms with Crippen LogP contribution in [-0.2, 0) is 0 Å². The number of nitrogens with zero attached hydrogens (tertiary/aromatic N) is 3. The van der Waals surface area contributed by atoms with Crippen LogP contribution in [0, 0.1) is 13.8 Å². The van der Waals surface area contributed by atoms with Crippen LogP contribution in [0.4, 0.5) is 0 Å². The summed E-state index contributed by atoms with van der Waals surface area (Å²) in [7, 11) is 0. The largest absolute Gasteiger partial charge is 0.392 e. The molecule has 100 valence electrons. The molecule has 1 saturated heterocycles. The highest BCUT2D eigenvalue weighted by atomic mass is 16.5. The molecule has 1 fully saturated rings. The van der Waals surface area contributed by atoms with E-state index in [1.807, 2.05) is 26.0 Å². The maximum atomic E-state index is 9.50. The minimum atomic E-state index is -0.342. The molecule has 6 nitrogen and oxygen atoms in total. The molecule has 2 aromatic rings. The van der Waals surface area contributed by atoms with Crippen molar-refractivity contribution in [1.82, 2.24) is 20.4 Å². The molecule has 0 saturated carbocycles. The molecule has 0 radical (unpaired) electrons. The molecular weight excluding hydrogens is 244 g/mol. The van der Waals surface area contributed by atoms with Crippen molar-refractivity contribution >= 4 is 0 Å². The number of aliphatic hydroxyl groups excluding tert-OH is 1. The van der Waals surface area contributed by atoms with Crippen LogP contribution in [0.3, 0.4) is 0 Å². The second kappa shape index (κ2) is 4.71. The standard InChI is InChI=1S/C13H16N4O2/c1-7-3-9(4-8(2)15-7)12-16-13(19-17-12)11-5-10(18)6-14-11/h3-4,10-11,14,18H,5-6H2,1-2H3. The van der Waals surface area contributed by atoms with Crippen molar-refractivity contribution < 1.29 is 9.63 Å². The Morgan fingerprint density at radius 1 is 1.26 bits per heavy atom. The van der Waals surface area contributed by atoms with E-state index in [-0.39, 0.29) is 12.1 Å². The van der Waals surface area contributed by atoms with Gasteiger partial charge in [-0.05, 0) is 32.4 Å². The van der Waals surface area contributed by atoms with E-state index in [4.69, 9.17) is 4.52 Å². The van der Waals surface area contributed by atoms with Gasteiger partial charge in [0.1, 0.15) is 0 Å². The molecule has 0 spiro atoms. The Bertz CT molecular complexity index is 576. The lowest BCUT2D eigenvalue weighted by molar-refractivity contribution is 0.191.